The number of alkyl halides is 2. The second kappa shape index (κ2) is 7.61. The Hall–Kier alpha value is -1.80. The van der Waals surface area contributed by atoms with E-state index in [4.69, 9.17) is 10.3 Å². The smallest absolute Gasteiger partial charge is 0.277 e. The van der Waals surface area contributed by atoms with Crippen LogP contribution in [0.4, 0.5) is 8.78 Å². The number of nitrogens with two attached hydrogens (primary N) is 1. The van der Waals surface area contributed by atoms with Crippen LogP contribution in [0.15, 0.2) is 10.6 Å². The molecule has 0 bridgehead atoms. The van der Waals surface area contributed by atoms with Crippen molar-refractivity contribution in [2.24, 2.45) is 5.73 Å². The molecule has 0 aromatic carbocycles. The number of nitrogens with one attached hydrogen (secondary N) is 1. The van der Waals surface area contributed by atoms with E-state index in [0.717, 1.165) is 25.0 Å². The van der Waals surface area contributed by atoms with Gasteiger partial charge in [0.1, 0.15) is 0 Å². The highest BCUT2D eigenvalue weighted by Crippen LogP contribution is 2.40. The van der Waals surface area contributed by atoms with Crippen LogP contribution in [0, 0.1) is 0 Å². The van der Waals surface area contributed by atoms with Gasteiger partial charge < -0.3 is 15.6 Å². The molecule has 3 N–H and O–H groups in total. The maximum absolute atomic E-state index is 13.3. The topological polar surface area (TPSA) is 94.0 Å². The van der Waals surface area contributed by atoms with Gasteiger partial charge in [-0.2, -0.15) is 0 Å². The molecule has 9 heteroatoms. The maximum Gasteiger partial charge on any atom is 0.277 e. The largest absolute Gasteiger partial charge is 0.346 e. The van der Waals surface area contributed by atoms with E-state index in [1.165, 1.54) is 0 Å². The van der Waals surface area contributed by atoms with Gasteiger partial charge in [0.25, 0.3) is 17.5 Å². The summed E-state index contributed by atoms with van der Waals surface area (Å²) in [6, 6.07) is 1.67. The van der Waals surface area contributed by atoms with E-state index < -0.39 is 24.9 Å². The first kappa shape index (κ1) is 19.5. The van der Waals surface area contributed by atoms with Gasteiger partial charge in [0, 0.05) is 11.6 Å². The molecule has 1 saturated carbocycles. The molecule has 138 valence electrons. The normalized spacial score (nSPS) is 14.4. The number of halogens is 3. The predicted molar refractivity (Wildman–Crippen MR) is 91.4 cm³/mol. The van der Waals surface area contributed by atoms with E-state index in [-0.39, 0.29) is 12.4 Å². The minimum Gasteiger partial charge on any atom is -0.346 e. The van der Waals surface area contributed by atoms with Crippen molar-refractivity contribution in [3.8, 4) is 0 Å². The Kier molecular flexibility index (Phi) is 5.95. The Balaban J connectivity index is 0.00000225. The quantitative estimate of drug-likeness (QED) is 0.777. The summed E-state index contributed by atoms with van der Waals surface area (Å²) in [5, 5.41) is 6.76. The lowest BCUT2D eigenvalue weighted by Crippen LogP contribution is -2.41. The molecule has 0 aliphatic heterocycles. The summed E-state index contributed by atoms with van der Waals surface area (Å²) in [5.41, 5.74) is 6.96. The number of aryl methyl sites for hydroxylation is 1. The van der Waals surface area contributed by atoms with Gasteiger partial charge in [-0.3, -0.25) is 4.79 Å². The van der Waals surface area contributed by atoms with Crippen LogP contribution in [0.5, 0.6) is 0 Å². The number of pyridine rings is 1. The molecular formula is C16H21ClF2N4O2. The standard InChI is InChI=1S/C16H20F2N4O2.ClH/c1-2-3-11-13-10(14(23)20-8-16(17,18)7-19)6-12(9-4-5-9)21-15(13)24-22-11;/h6,9H,2-5,7-8,19H2,1H3,(H,20,23);1H. The Bertz CT molecular complexity index is 762. The van der Waals surface area contributed by atoms with Crippen molar-refractivity contribution in [3.63, 3.8) is 0 Å². The summed E-state index contributed by atoms with van der Waals surface area (Å²) in [4.78, 5) is 16.9. The monoisotopic (exact) mass is 374 g/mol. The number of rotatable bonds is 7. The number of aromatic nitrogens is 2. The van der Waals surface area contributed by atoms with E-state index >= 15 is 0 Å². The molecule has 1 amide bonds. The second-order valence-corrected chi connectivity index (χ2v) is 6.17. The van der Waals surface area contributed by atoms with E-state index in [0.29, 0.717) is 34.7 Å². The summed E-state index contributed by atoms with van der Waals surface area (Å²) in [7, 11) is 0. The fourth-order valence-corrected chi connectivity index (χ4v) is 2.58. The number of amides is 1. The molecule has 0 unspecified atom stereocenters. The van der Waals surface area contributed by atoms with Gasteiger partial charge in [-0.25, -0.2) is 13.8 Å². The fourth-order valence-electron chi connectivity index (χ4n) is 2.58. The zero-order valence-corrected chi connectivity index (χ0v) is 14.7. The molecule has 3 rings (SSSR count). The Morgan fingerprint density at radius 3 is 2.80 bits per heavy atom. The first-order valence-corrected chi connectivity index (χ1v) is 8.10. The molecule has 0 atom stereocenters. The van der Waals surface area contributed by atoms with Gasteiger partial charge in [-0.05, 0) is 25.3 Å². The molecule has 1 aliphatic rings. The van der Waals surface area contributed by atoms with E-state index in [2.05, 4.69) is 15.5 Å². The molecule has 2 heterocycles. The fraction of sp³-hybridized carbons (Fsp3) is 0.562. The van der Waals surface area contributed by atoms with Crippen LogP contribution in [0.1, 0.15) is 53.8 Å². The Morgan fingerprint density at radius 1 is 1.48 bits per heavy atom. The minimum absolute atomic E-state index is 0. The second-order valence-electron chi connectivity index (χ2n) is 6.17. The van der Waals surface area contributed by atoms with Gasteiger partial charge in [-0.1, -0.05) is 18.5 Å². The molecular weight excluding hydrogens is 354 g/mol. The Labute approximate surface area is 149 Å². The number of carbonyl (C=O) groups is 1. The number of fused-ring (bicyclic) bond motifs is 1. The molecule has 2 aromatic heterocycles. The third-order valence-corrected chi connectivity index (χ3v) is 4.07. The molecule has 1 aliphatic carbocycles. The molecule has 6 nitrogen and oxygen atoms in total. The van der Waals surface area contributed by atoms with Crippen molar-refractivity contribution in [2.75, 3.05) is 13.1 Å². The van der Waals surface area contributed by atoms with Crippen molar-refractivity contribution in [1.29, 1.82) is 0 Å². The highest BCUT2D eigenvalue weighted by atomic mass is 35.5. The van der Waals surface area contributed by atoms with Crippen molar-refractivity contribution in [3.05, 3.63) is 23.0 Å². The van der Waals surface area contributed by atoms with Gasteiger partial charge in [0.15, 0.2) is 0 Å². The van der Waals surface area contributed by atoms with Crippen LogP contribution in [-0.2, 0) is 6.42 Å². The predicted octanol–water partition coefficient (Wildman–Crippen LogP) is 2.80. The molecule has 1 fully saturated rings. The van der Waals surface area contributed by atoms with Crippen LogP contribution >= 0.6 is 12.4 Å². The molecule has 0 saturated heterocycles. The van der Waals surface area contributed by atoms with E-state index in [1.54, 1.807) is 6.07 Å². The van der Waals surface area contributed by atoms with Gasteiger partial charge in [0.2, 0.25) is 0 Å². The van der Waals surface area contributed by atoms with Crippen LogP contribution < -0.4 is 11.1 Å². The third-order valence-electron chi connectivity index (χ3n) is 4.07. The zero-order chi connectivity index (χ0) is 17.3. The molecule has 2 aromatic rings. The maximum atomic E-state index is 13.3. The molecule has 0 radical (unpaired) electrons. The zero-order valence-electron chi connectivity index (χ0n) is 13.8. The van der Waals surface area contributed by atoms with Crippen molar-refractivity contribution in [2.45, 2.75) is 44.4 Å². The van der Waals surface area contributed by atoms with Gasteiger partial charge in [0.05, 0.1) is 29.7 Å². The van der Waals surface area contributed by atoms with Gasteiger partial charge >= 0.3 is 0 Å². The average molecular weight is 375 g/mol. The van der Waals surface area contributed by atoms with Crippen LogP contribution in [-0.4, -0.2) is 35.1 Å². The number of hydrogen-bond acceptors (Lipinski definition) is 5. The summed E-state index contributed by atoms with van der Waals surface area (Å²) in [6.07, 6.45) is 3.44. The van der Waals surface area contributed by atoms with Crippen LogP contribution in [0.3, 0.4) is 0 Å². The number of hydrogen-bond donors (Lipinski definition) is 2. The van der Waals surface area contributed by atoms with Gasteiger partial charge in [-0.15, -0.1) is 12.4 Å². The number of carbonyl (C=O) groups excluding carboxylic acids is 1. The van der Waals surface area contributed by atoms with Crippen LogP contribution in [0.25, 0.3) is 11.1 Å². The van der Waals surface area contributed by atoms with E-state index in [1.807, 2.05) is 6.92 Å². The highest BCUT2D eigenvalue weighted by Gasteiger charge is 2.31. The van der Waals surface area contributed by atoms with E-state index in [9.17, 15) is 13.6 Å². The van der Waals surface area contributed by atoms with Crippen molar-refractivity contribution >= 4 is 29.4 Å². The Morgan fingerprint density at radius 2 is 2.20 bits per heavy atom. The first-order valence-electron chi connectivity index (χ1n) is 8.10. The summed E-state index contributed by atoms with van der Waals surface area (Å²) in [6.45, 7) is 0.355. The minimum atomic E-state index is -3.14. The molecule has 0 spiro atoms. The molecule has 25 heavy (non-hydrogen) atoms. The lowest BCUT2D eigenvalue weighted by atomic mass is 10.0. The summed E-state index contributed by atoms with van der Waals surface area (Å²) >= 11 is 0. The van der Waals surface area contributed by atoms with Crippen molar-refractivity contribution in [1.82, 2.24) is 15.5 Å². The third kappa shape index (κ3) is 4.24. The van der Waals surface area contributed by atoms with Crippen LogP contribution in [0.2, 0.25) is 0 Å². The SMILES string of the molecule is CCCc1noc2nc(C3CC3)cc(C(=O)NCC(F)(F)CN)c12.Cl. The lowest BCUT2D eigenvalue weighted by Gasteiger charge is -2.15. The first-order chi connectivity index (χ1) is 11.4. The van der Waals surface area contributed by atoms with Crippen molar-refractivity contribution < 1.29 is 18.1 Å². The number of nitrogens with zero attached hydrogens (tertiary/aromatic N) is 2. The lowest BCUT2D eigenvalue weighted by molar-refractivity contribution is 0.0119. The highest BCUT2D eigenvalue weighted by molar-refractivity contribution is 6.06. The average Bonchev–Trinajstić information content (AvgIpc) is 3.35. The summed E-state index contributed by atoms with van der Waals surface area (Å²) < 4.78 is 31.9. The summed E-state index contributed by atoms with van der Waals surface area (Å²) in [5.74, 6) is -3.42.